The zero-order valence-electron chi connectivity index (χ0n) is 11.5. The van der Waals surface area contributed by atoms with Gasteiger partial charge >= 0.3 is 11.9 Å². The van der Waals surface area contributed by atoms with Crippen molar-refractivity contribution in [3.8, 4) is 0 Å². The summed E-state index contributed by atoms with van der Waals surface area (Å²) >= 11 is 0. The van der Waals surface area contributed by atoms with Gasteiger partial charge in [0.25, 0.3) is 0 Å². The summed E-state index contributed by atoms with van der Waals surface area (Å²) in [6.45, 7) is 4.20. The molecule has 0 saturated carbocycles. The van der Waals surface area contributed by atoms with E-state index >= 15 is 0 Å². The highest BCUT2D eigenvalue weighted by Crippen LogP contribution is 2.30. The number of unbranched alkanes of at least 4 members (excludes halogenated alkanes) is 3. The number of cyclic esters (lactones) is 2. The topological polar surface area (TPSA) is 43.4 Å². The van der Waals surface area contributed by atoms with E-state index in [1.807, 2.05) is 13.0 Å². The Labute approximate surface area is 110 Å². The normalized spacial score (nSPS) is 23.9. The Hall–Kier alpha value is -1.12. The van der Waals surface area contributed by atoms with Gasteiger partial charge in [-0.3, -0.25) is 9.59 Å². The summed E-state index contributed by atoms with van der Waals surface area (Å²) in [6.07, 6.45) is 11.2. The highest BCUT2D eigenvalue weighted by molar-refractivity contribution is 5.96. The number of esters is 2. The summed E-state index contributed by atoms with van der Waals surface area (Å²) in [5, 5.41) is 0. The highest BCUT2D eigenvalue weighted by Gasteiger charge is 2.42. The zero-order chi connectivity index (χ0) is 13.4. The Balaban J connectivity index is 2.38. The van der Waals surface area contributed by atoms with Crippen LogP contribution < -0.4 is 0 Å². The molecule has 0 spiro atoms. The minimum atomic E-state index is -0.336. The summed E-state index contributed by atoms with van der Waals surface area (Å²) in [5.74, 6) is -1.13. The minimum absolute atomic E-state index is 0.220. The molecule has 1 saturated heterocycles. The summed E-state index contributed by atoms with van der Waals surface area (Å²) < 4.78 is 4.72. The number of hydrogen-bond donors (Lipinski definition) is 0. The average Bonchev–Trinajstić information content (AvgIpc) is 2.60. The smallest absolute Gasteiger partial charge is 0.317 e. The fraction of sp³-hybridized carbons (Fsp3) is 0.733. The quantitative estimate of drug-likeness (QED) is 0.287. The van der Waals surface area contributed by atoms with E-state index in [0.717, 1.165) is 19.3 Å². The monoisotopic (exact) mass is 252 g/mol. The zero-order valence-corrected chi connectivity index (χ0v) is 11.5. The molecule has 3 nitrogen and oxygen atoms in total. The minimum Gasteiger partial charge on any atom is -0.393 e. The van der Waals surface area contributed by atoms with Crippen molar-refractivity contribution in [2.24, 2.45) is 11.8 Å². The lowest BCUT2D eigenvalue weighted by atomic mass is 9.88. The highest BCUT2D eigenvalue weighted by atomic mass is 16.6. The van der Waals surface area contributed by atoms with Crippen LogP contribution in [0.1, 0.15) is 58.8 Å². The molecule has 1 fully saturated rings. The van der Waals surface area contributed by atoms with Crippen molar-refractivity contribution < 1.29 is 14.3 Å². The Morgan fingerprint density at radius 3 is 2.39 bits per heavy atom. The first-order valence-electron chi connectivity index (χ1n) is 7.11. The van der Waals surface area contributed by atoms with E-state index < -0.39 is 0 Å². The molecule has 3 heteroatoms. The van der Waals surface area contributed by atoms with Gasteiger partial charge in [0.2, 0.25) is 0 Å². The molecule has 102 valence electrons. The second-order valence-electron chi connectivity index (χ2n) is 4.94. The molecule has 0 bridgehead atoms. The predicted molar refractivity (Wildman–Crippen MR) is 70.9 cm³/mol. The number of carbonyl (C=O) groups excluding carboxylic acids is 2. The van der Waals surface area contributed by atoms with Gasteiger partial charge in [-0.2, -0.15) is 0 Å². The molecule has 0 aromatic carbocycles. The first-order valence-corrected chi connectivity index (χ1v) is 7.11. The second-order valence-corrected chi connectivity index (χ2v) is 4.94. The van der Waals surface area contributed by atoms with Gasteiger partial charge in [0.05, 0.1) is 11.8 Å². The van der Waals surface area contributed by atoms with Crippen molar-refractivity contribution in [3.05, 3.63) is 12.2 Å². The van der Waals surface area contributed by atoms with E-state index in [4.69, 9.17) is 4.74 Å². The molecule has 0 N–H and O–H groups in total. The Morgan fingerprint density at radius 1 is 1.00 bits per heavy atom. The first kappa shape index (κ1) is 14.9. The van der Waals surface area contributed by atoms with E-state index in [0.29, 0.717) is 6.42 Å². The van der Waals surface area contributed by atoms with Crippen molar-refractivity contribution in [3.63, 3.8) is 0 Å². The molecule has 0 radical (unpaired) electrons. The lowest BCUT2D eigenvalue weighted by Crippen LogP contribution is -2.16. The number of carbonyl (C=O) groups is 2. The maximum Gasteiger partial charge on any atom is 0.317 e. The average molecular weight is 252 g/mol. The molecule has 1 aliphatic rings. The molecule has 1 rings (SSSR count). The molecule has 2 unspecified atom stereocenters. The summed E-state index contributed by atoms with van der Waals surface area (Å²) in [7, 11) is 0. The molecule has 0 aromatic heterocycles. The van der Waals surface area contributed by atoms with Crippen LogP contribution in [0.3, 0.4) is 0 Å². The van der Waals surface area contributed by atoms with Gasteiger partial charge in [0.1, 0.15) is 0 Å². The SMILES string of the molecule is CCCCCC=CCC1C(=O)OC(=O)C1CCC. The van der Waals surface area contributed by atoms with Crippen LogP contribution >= 0.6 is 0 Å². The third-order valence-corrected chi connectivity index (χ3v) is 3.42. The van der Waals surface area contributed by atoms with Gasteiger partial charge in [-0.1, -0.05) is 45.3 Å². The number of hydrogen-bond acceptors (Lipinski definition) is 3. The molecule has 1 heterocycles. The van der Waals surface area contributed by atoms with E-state index in [-0.39, 0.29) is 23.8 Å². The molecular weight excluding hydrogens is 228 g/mol. The number of rotatable bonds is 8. The van der Waals surface area contributed by atoms with Crippen LogP contribution in [0, 0.1) is 11.8 Å². The van der Waals surface area contributed by atoms with Crippen LogP contribution in [0.5, 0.6) is 0 Å². The Morgan fingerprint density at radius 2 is 1.72 bits per heavy atom. The van der Waals surface area contributed by atoms with E-state index in [1.54, 1.807) is 0 Å². The van der Waals surface area contributed by atoms with Gasteiger partial charge in [0, 0.05) is 0 Å². The standard InChI is InChI=1S/C15H24O3/c1-3-5-6-7-8-9-11-13-12(10-4-2)14(16)18-15(13)17/h8-9,12-13H,3-7,10-11H2,1-2H3. The third-order valence-electron chi connectivity index (χ3n) is 3.42. The molecular formula is C15H24O3. The molecule has 2 atom stereocenters. The van der Waals surface area contributed by atoms with Crippen molar-refractivity contribution in [2.45, 2.75) is 58.8 Å². The lowest BCUT2D eigenvalue weighted by molar-refractivity contribution is -0.153. The van der Waals surface area contributed by atoms with Gasteiger partial charge in [-0.05, 0) is 25.7 Å². The van der Waals surface area contributed by atoms with Crippen LogP contribution in [0.15, 0.2) is 12.2 Å². The fourth-order valence-electron chi connectivity index (χ4n) is 2.34. The van der Waals surface area contributed by atoms with Crippen LogP contribution in [-0.2, 0) is 14.3 Å². The van der Waals surface area contributed by atoms with Crippen molar-refractivity contribution in [1.82, 2.24) is 0 Å². The van der Waals surface area contributed by atoms with Crippen molar-refractivity contribution in [2.75, 3.05) is 0 Å². The van der Waals surface area contributed by atoms with Crippen molar-refractivity contribution >= 4 is 11.9 Å². The predicted octanol–water partition coefficient (Wildman–Crippen LogP) is 3.63. The maximum atomic E-state index is 11.6. The van der Waals surface area contributed by atoms with E-state index in [1.165, 1.54) is 19.3 Å². The maximum absolute atomic E-state index is 11.6. The van der Waals surface area contributed by atoms with Crippen LogP contribution in [-0.4, -0.2) is 11.9 Å². The van der Waals surface area contributed by atoms with Gasteiger partial charge in [-0.25, -0.2) is 0 Å². The van der Waals surface area contributed by atoms with Crippen LogP contribution in [0.4, 0.5) is 0 Å². The molecule has 18 heavy (non-hydrogen) atoms. The summed E-state index contributed by atoms with van der Waals surface area (Å²) in [4.78, 5) is 23.1. The van der Waals surface area contributed by atoms with Crippen LogP contribution in [0.25, 0.3) is 0 Å². The van der Waals surface area contributed by atoms with Gasteiger partial charge in [-0.15, -0.1) is 0 Å². The lowest BCUT2D eigenvalue weighted by Gasteiger charge is -2.09. The molecule has 0 aliphatic carbocycles. The number of ether oxygens (including phenoxy) is 1. The molecule has 0 aromatic rings. The molecule has 1 aliphatic heterocycles. The Kier molecular flexibility index (Phi) is 6.69. The van der Waals surface area contributed by atoms with E-state index in [9.17, 15) is 9.59 Å². The third kappa shape index (κ3) is 4.28. The van der Waals surface area contributed by atoms with Crippen LogP contribution in [0.2, 0.25) is 0 Å². The van der Waals surface area contributed by atoms with Crippen molar-refractivity contribution in [1.29, 1.82) is 0 Å². The fourth-order valence-corrected chi connectivity index (χ4v) is 2.34. The van der Waals surface area contributed by atoms with Gasteiger partial charge in [0.15, 0.2) is 0 Å². The molecule has 0 amide bonds. The second kappa shape index (κ2) is 8.06. The number of allylic oxidation sites excluding steroid dienone is 2. The summed E-state index contributed by atoms with van der Waals surface area (Å²) in [6, 6.07) is 0. The van der Waals surface area contributed by atoms with Gasteiger partial charge < -0.3 is 4.74 Å². The largest absolute Gasteiger partial charge is 0.393 e. The Bertz CT molecular complexity index is 307. The van der Waals surface area contributed by atoms with E-state index in [2.05, 4.69) is 13.0 Å². The summed E-state index contributed by atoms with van der Waals surface area (Å²) in [5.41, 5.74) is 0. The first-order chi connectivity index (χ1) is 8.70.